The molecule has 2 unspecified atom stereocenters. The summed E-state index contributed by atoms with van der Waals surface area (Å²) in [7, 11) is 0. The van der Waals surface area contributed by atoms with E-state index < -0.39 is 5.54 Å². The highest BCUT2D eigenvalue weighted by Crippen LogP contribution is 2.49. The molecule has 2 atom stereocenters. The molecule has 4 nitrogen and oxygen atoms in total. The zero-order valence-corrected chi connectivity index (χ0v) is 12.2. The highest BCUT2D eigenvalue weighted by atomic mass is 35.5. The van der Waals surface area contributed by atoms with Crippen LogP contribution in [0.5, 0.6) is 0 Å². The van der Waals surface area contributed by atoms with Crippen molar-refractivity contribution in [2.75, 3.05) is 6.61 Å². The SMILES string of the molecule is CCOC1CC(N)(C(=O)NC(C)C)C1(C)C.Cl. The first-order chi connectivity index (χ1) is 7.25. The standard InChI is InChI=1S/C12H24N2O2.ClH/c1-6-16-9-7-12(13,11(9,4)5)10(15)14-8(2)3;/h8-9H,6-7,13H2,1-5H3,(H,14,15);1H. The Hall–Kier alpha value is -0.320. The monoisotopic (exact) mass is 264 g/mol. The van der Waals surface area contributed by atoms with E-state index in [4.69, 9.17) is 10.5 Å². The fourth-order valence-electron chi connectivity index (χ4n) is 2.21. The zero-order chi connectivity index (χ0) is 12.6. The molecule has 0 aliphatic heterocycles. The van der Waals surface area contributed by atoms with E-state index in [9.17, 15) is 4.79 Å². The molecule has 1 aliphatic carbocycles. The Bertz CT molecular complexity index is 282. The smallest absolute Gasteiger partial charge is 0.241 e. The van der Waals surface area contributed by atoms with Gasteiger partial charge in [-0.1, -0.05) is 13.8 Å². The quantitative estimate of drug-likeness (QED) is 0.808. The number of rotatable bonds is 4. The minimum Gasteiger partial charge on any atom is -0.378 e. The van der Waals surface area contributed by atoms with Crippen LogP contribution in [-0.4, -0.2) is 30.2 Å². The molecule has 102 valence electrons. The number of ether oxygens (including phenoxy) is 1. The Balaban J connectivity index is 0.00000256. The molecule has 0 spiro atoms. The molecule has 1 saturated carbocycles. The van der Waals surface area contributed by atoms with Crippen LogP contribution in [0.2, 0.25) is 0 Å². The third-order valence-electron chi connectivity index (χ3n) is 3.65. The Morgan fingerprint density at radius 2 is 2.06 bits per heavy atom. The number of hydrogen-bond donors (Lipinski definition) is 2. The normalized spacial score (nSPS) is 30.4. The van der Waals surface area contributed by atoms with E-state index in [-0.39, 0.29) is 35.9 Å². The first kappa shape index (κ1) is 16.7. The van der Waals surface area contributed by atoms with Gasteiger partial charge in [-0.15, -0.1) is 12.4 Å². The fourth-order valence-corrected chi connectivity index (χ4v) is 2.21. The van der Waals surface area contributed by atoms with Crippen LogP contribution < -0.4 is 11.1 Å². The second-order valence-corrected chi connectivity index (χ2v) is 5.47. The van der Waals surface area contributed by atoms with Crippen molar-refractivity contribution in [3.8, 4) is 0 Å². The lowest BCUT2D eigenvalue weighted by molar-refractivity contribution is -0.171. The van der Waals surface area contributed by atoms with E-state index in [2.05, 4.69) is 5.32 Å². The molecule has 0 heterocycles. The van der Waals surface area contributed by atoms with Crippen LogP contribution >= 0.6 is 12.4 Å². The van der Waals surface area contributed by atoms with Gasteiger partial charge >= 0.3 is 0 Å². The summed E-state index contributed by atoms with van der Waals surface area (Å²) in [6.45, 7) is 10.5. The van der Waals surface area contributed by atoms with Crippen molar-refractivity contribution in [3.05, 3.63) is 0 Å². The Morgan fingerprint density at radius 3 is 2.41 bits per heavy atom. The van der Waals surface area contributed by atoms with E-state index in [1.54, 1.807) is 0 Å². The summed E-state index contributed by atoms with van der Waals surface area (Å²) >= 11 is 0. The Labute approximate surface area is 110 Å². The van der Waals surface area contributed by atoms with Crippen molar-refractivity contribution in [2.45, 2.75) is 58.7 Å². The van der Waals surface area contributed by atoms with Crippen LogP contribution in [0, 0.1) is 5.41 Å². The summed E-state index contributed by atoms with van der Waals surface area (Å²) in [4.78, 5) is 12.0. The molecule has 0 radical (unpaired) electrons. The molecule has 0 bridgehead atoms. The van der Waals surface area contributed by atoms with Crippen molar-refractivity contribution >= 4 is 18.3 Å². The molecule has 0 aromatic carbocycles. The van der Waals surface area contributed by atoms with Crippen molar-refractivity contribution in [1.29, 1.82) is 0 Å². The average molecular weight is 265 g/mol. The lowest BCUT2D eigenvalue weighted by Gasteiger charge is -2.57. The van der Waals surface area contributed by atoms with Gasteiger partial charge in [0.05, 0.1) is 6.10 Å². The highest BCUT2D eigenvalue weighted by Gasteiger charge is 2.62. The number of carbonyl (C=O) groups is 1. The molecule has 5 heteroatoms. The van der Waals surface area contributed by atoms with Crippen molar-refractivity contribution in [1.82, 2.24) is 5.32 Å². The Morgan fingerprint density at radius 1 is 1.53 bits per heavy atom. The predicted octanol–water partition coefficient (Wildman–Crippen LogP) is 1.47. The summed E-state index contributed by atoms with van der Waals surface area (Å²) in [6.07, 6.45) is 0.687. The summed E-state index contributed by atoms with van der Waals surface area (Å²) in [6, 6.07) is 0.120. The summed E-state index contributed by atoms with van der Waals surface area (Å²) in [5.74, 6) is -0.0662. The molecular formula is C12H25ClN2O2. The molecule has 1 fully saturated rings. The van der Waals surface area contributed by atoms with Gasteiger partial charge < -0.3 is 15.8 Å². The second kappa shape index (κ2) is 5.55. The van der Waals surface area contributed by atoms with E-state index in [0.29, 0.717) is 13.0 Å². The maximum Gasteiger partial charge on any atom is 0.241 e. The van der Waals surface area contributed by atoms with Gasteiger partial charge in [-0.05, 0) is 20.8 Å². The minimum atomic E-state index is -0.795. The van der Waals surface area contributed by atoms with Crippen LogP contribution in [0.3, 0.4) is 0 Å². The molecule has 0 aromatic rings. The van der Waals surface area contributed by atoms with Gasteiger partial charge in [0, 0.05) is 24.5 Å². The van der Waals surface area contributed by atoms with E-state index in [1.165, 1.54) is 0 Å². The van der Waals surface area contributed by atoms with Gasteiger partial charge in [-0.25, -0.2) is 0 Å². The van der Waals surface area contributed by atoms with Crippen molar-refractivity contribution in [2.24, 2.45) is 11.1 Å². The number of nitrogens with one attached hydrogen (secondary N) is 1. The van der Waals surface area contributed by atoms with Crippen molar-refractivity contribution < 1.29 is 9.53 Å². The van der Waals surface area contributed by atoms with Gasteiger partial charge in [0.1, 0.15) is 5.54 Å². The maximum absolute atomic E-state index is 12.0. The van der Waals surface area contributed by atoms with Crippen molar-refractivity contribution in [3.63, 3.8) is 0 Å². The van der Waals surface area contributed by atoms with Gasteiger partial charge in [0.25, 0.3) is 0 Å². The molecule has 3 N–H and O–H groups in total. The molecule has 1 amide bonds. The summed E-state index contributed by atoms with van der Waals surface area (Å²) < 4.78 is 5.58. The number of nitrogens with two attached hydrogens (primary N) is 1. The minimum absolute atomic E-state index is 0. The maximum atomic E-state index is 12.0. The molecule has 1 rings (SSSR count). The van der Waals surface area contributed by atoms with Crippen LogP contribution in [0.25, 0.3) is 0 Å². The first-order valence-corrected chi connectivity index (χ1v) is 5.97. The van der Waals surface area contributed by atoms with Gasteiger partial charge in [0.2, 0.25) is 5.91 Å². The predicted molar refractivity (Wildman–Crippen MR) is 71.3 cm³/mol. The molecule has 1 aliphatic rings. The summed E-state index contributed by atoms with van der Waals surface area (Å²) in [5.41, 5.74) is 5.10. The molecule has 0 aromatic heterocycles. The van der Waals surface area contributed by atoms with Crippen LogP contribution in [-0.2, 0) is 9.53 Å². The largest absolute Gasteiger partial charge is 0.378 e. The van der Waals surface area contributed by atoms with Crippen LogP contribution in [0.15, 0.2) is 0 Å². The number of carbonyl (C=O) groups excluding carboxylic acids is 1. The first-order valence-electron chi connectivity index (χ1n) is 5.97. The van der Waals surface area contributed by atoms with Gasteiger partial charge in [0.15, 0.2) is 0 Å². The fraction of sp³-hybridized carbons (Fsp3) is 0.917. The second-order valence-electron chi connectivity index (χ2n) is 5.47. The average Bonchev–Trinajstić information content (AvgIpc) is 2.16. The third-order valence-corrected chi connectivity index (χ3v) is 3.65. The van der Waals surface area contributed by atoms with Gasteiger partial charge in [-0.2, -0.15) is 0 Å². The van der Waals surface area contributed by atoms with E-state index in [0.717, 1.165) is 0 Å². The lowest BCUT2D eigenvalue weighted by atomic mass is 9.54. The van der Waals surface area contributed by atoms with Crippen LogP contribution in [0.1, 0.15) is 41.0 Å². The van der Waals surface area contributed by atoms with E-state index >= 15 is 0 Å². The highest BCUT2D eigenvalue weighted by molar-refractivity contribution is 5.89. The zero-order valence-electron chi connectivity index (χ0n) is 11.4. The summed E-state index contributed by atoms with van der Waals surface area (Å²) in [5, 5.41) is 2.88. The van der Waals surface area contributed by atoms with E-state index in [1.807, 2.05) is 34.6 Å². The Kier molecular flexibility index (Phi) is 5.44. The molecule has 17 heavy (non-hydrogen) atoms. The number of halogens is 1. The third kappa shape index (κ3) is 2.75. The number of amides is 1. The topological polar surface area (TPSA) is 64.3 Å². The lowest BCUT2D eigenvalue weighted by Crippen LogP contribution is -2.76. The molecule has 0 saturated heterocycles. The molecular weight excluding hydrogens is 240 g/mol. The number of hydrogen-bond acceptors (Lipinski definition) is 3. The van der Waals surface area contributed by atoms with Gasteiger partial charge in [-0.3, -0.25) is 4.79 Å². The van der Waals surface area contributed by atoms with Crippen LogP contribution in [0.4, 0.5) is 0 Å².